The smallest absolute Gasteiger partial charge is 0.166 e. The second-order valence-electron chi connectivity index (χ2n) is 4.22. The third kappa shape index (κ3) is 3.73. The second kappa shape index (κ2) is 6.22. The van der Waals surface area contributed by atoms with Gasteiger partial charge in [-0.05, 0) is 12.1 Å². The Labute approximate surface area is 115 Å². The molecule has 2 aromatic heterocycles. The van der Waals surface area contributed by atoms with Crippen LogP contribution in [-0.2, 0) is 6.42 Å². The van der Waals surface area contributed by atoms with Crippen molar-refractivity contribution in [3.05, 3.63) is 28.4 Å². The van der Waals surface area contributed by atoms with Crippen LogP contribution in [-0.4, -0.2) is 27.8 Å². The van der Waals surface area contributed by atoms with Crippen molar-refractivity contribution >= 4 is 22.9 Å². The summed E-state index contributed by atoms with van der Waals surface area (Å²) in [6, 6.07) is 4.17. The first-order valence-electron chi connectivity index (χ1n) is 5.83. The van der Waals surface area contributed by atoms with Gasteiger partial charge in [0.1, 0.15) is 10.7 Å². The van der Waals surface area contributed by atoms with Crippen molar-refractivity contribution in [1.29, 1.82) is 0 Å². The van der Waals surface area contributed by atoms with E-state index in [0.29, 0.717) is 11.1 Å². The van der Waals surface area contributed by atoms with Gasteiger partial charge in [-0.2, -0.15) is 0 Å². The van der Waals surface area contributed by atoms with E-state index in [1.807, 2.05) is 12.1 Å². The van der Waals surface area contributed by atoms with E-state index in [1.165, 1.54) is 0 Å². The van der Waals surface area contributed by atoms with Crippen LogP contribution in [0.4, 0.5) is 0 Å². The highest BCUT2D eigenvalue weighted by atomic mass is 35.5. The van der Waals surface area contributed by atoms with E-state index < -0.39 is 0 Å². The van der Waals surface area contributed by atoms with Crippen LogP contribution in [0.1, 0.15) is 18.9 Å². The molecule has 1 N–H and O–H groups in total. The summed E-state index contributed by atoms with van der Waals surface area (Å²) in [5, 5.41) is 14.2. The van der Waals surface area contributed by atoms with Gasteiger partial charge in [0.15, 0.2) is 5.01 Å². The molecule has 0 aliphatic heterocycles. The lowest BCUT2D eigenvalue weighted by Crippen LogP contribution is -2.24. The monoisotopic (exact) mass is 282 g/mol. The highest BCUT2D eigenvalue weighted by Gasteiger charge is 2.07. The summed E-state index contributed by atoms with van der Waals surface area (Å²) in [6.45, 7) is 5.17. The van der Waals surface area contributed by atoms with Crippen LogP contribution in [0.15, 0.2) is 18.3 Å². The van der Waals surface area contributed by atoms with Crippen molar-refractivity contribution in [3.8, 4) is 10.7 Å². The van der Waals surface area contributed by atoms with Crippen molar-refractivity contribution in [1.82, 2.24) is 20.5 Å². The lowest BCUT2D eigenvalue weighted by atomic mass is 10.3. The molecule has 2 heterocycles. The van der Waals surface area contributed by atoms with Crippen LogP contribution < -0.4 is 5.32 Å². The number of halogens is 1. The number of nitrogens with one attached hydrogen (secondary N) is 1. The molecular formula is C12H15ClN4S. The van der Waals surface area contributed by atoms with E-state index in [2.05, 4.69) is 34.3 Å². The summed E-state index contributed by atoms with van der Waals surface area (Å²) >= 11 is 7.37. The number of pyridine rings is 1. The first-order chi connectivity index (χ1) is 8.65. The van der Waals surface area contributed by atoms with Gasteiger partial charge in [0, 0.05) is 25.2 Å². The Bertz CT molecular complexity index is 495. The number of hydrogen-bond acceptors (Lipinski definition) is 5. The maximum Gasteiger partial charge on any atom is 0.166 e. The van der Waals surface area contributed by atoms with E-state index in [-0.39, 0.29) is 0 Å². The van der Waals surface area contributed by atoms with Crippen molar-refractivity contribution in [2.24, 2.45) is 0 Å². The first-order valence-corrected chi connectivity index (χ1v) is 7.02. The third-order valence-corrected chi connectivity index (χ3v) is 3.53. The Balaban J connectivity index is 1.99. The molecule has 6 heteroatoms. The van der Waals surface area contributed by atoms with Gasteiger partial charge < -0.3 is 5.32 Å². The molecule has 18 heavy (non-hydrogen) atoms. The summed E-state index contributed by atoms with van der Waals surface area (Å²) in [5.74, 6) is 0. The number of aromatic nitrogens is 3. The van der Waals surface area contributed by atoms with Crippen molar-refractivity contribution in [3.63, 3.8) is 0 Å². The highest BCUT2D eigenvalue weighted by molar-refractivity contribution is 7.14. The highest BCUT2D eigenvalue weighted by Crippen LogP contribution is 2.22. The van der Waals surface area contributed by atoms with Gasteiger partial charge in [0.2, 0.25) is 0 Å². The Morgan fingerprint density at radius 2 is 2.17 bits per heavy atom. The molecular weight excluding hydrogens is 268 g/mol. The summed E-state index contributed by atoms with van der Waals surface area (Å²) < 4.78 is 0. The van der Waals surface area contributed by atoms with Gasteiger partial charge in [-0.15, -0.1) is 10.2 Å². The van der Waals surface area contributed by atoms with Gasteiger partial charge in [-0.25, -0.2) is 0 Å². The molecule has 2 aromatic rings. The molecule has 0 saturated carbocycles. The van der Waals surface area contributed by atoms with Gasteiger partial charge in [-0.3, -0.25) is 4.98 Å². The number of rotatable bonds is 5. The molecule has 0 bridgehead atoms. The maximum atomic E-state index is 5.80. The van der Waals surface area contributed by atoms with Gasteiger partial charge in [-0.1, -0.05) is 36.8 Å². The minimum Gasteiger partial charge on any atom is -0.314 e. The summed E-state index contributed by atoms with van der Waals surface area (Å²) in [4.78, 5) is 4.23. The fourth-order valence-electron chi connectivity index (χ4n) is 1.43. The molecule has 0 amide bonds. The van der Waals surface area contributed by atoms with Gasteiger partial charge in [0.25, 0.3) is 0 Å². The molecule has 0 aliphatic rings. The number of hydrogen-bond donors (Lipinski definition) is 1. The predicted molar refractivity (Wildman–Crippen MR) is 75.0 cm³/mol. The minimum atomic E-state index is 0.496. The maximum absolute atomic E-state index is 5.80. The average molecular weight is 283 g/mol. The molecule has 96 valence electrons. The minimum absolute atomic E-state index is 0.496. The summed E-state index contributed by atoms with van der Waals surface area (Å²) in [5.41, 5.74) is 0.819. The topological polar surface area (TPSA) is 50.7 Å². The van der Waals surface area contributed by atoms with Crippen LogP contribution in [0.5, 0.6) is 0 Å². The fraction of sp³-hybridized carbons (Fsp3) is 0.417. The zero-order chi connectivity index (χ0) is 13.0. The zero-order valence-electron chi connectivity index (χ0n) is 10.4. The predicted octanol–water partition coefficient (Wildman–Crippen LogP) is 2.79. The molecule has 0 atom stereocenters. The number of nitrogens with zero attached hydrogens (tertiary/aromatic N) is 3. The molecule has 0 radical (unpaired) electrons. The lowest BCUT2D eigenvalue weighted by Gasteiger charge is -2.04. The Kier molecular flexibility index (Phi) is 4.63. The molecule has 0 aliphatic carbocycles. The zero-order valence-corrected chi connectivity index (χ0v) is 11.9. The second-order valence-corrected chi connectivity index (χ2v) is 5.72. The summed E-state index contributed by atoms with van der Waals surface area (Å²) in [7, 11) is 0. The van der Waals surface area contributed by atoms with Crippen molar-refractivity contribution < 1.29 is 0 Å². The van der Waals surface area contributed by atoms with Gasteiger partial charge >= 0.3 is 0 Å². The third-order valence-electron chi connectivity index (χ3n) is 2.30. The van der Waals surface area contributed by atoms with Crippen LogP contribution in [0.25, 0.3) is 10.7 Å². The average Bonchev–Trinajstić information content (AvgIpc) is 2.78. The standard InChI is InChI=1S/C12H15ClN4S/c1-8(2)14-6-5-11-16-17-12(18-11)10-4-3-9(13)7-15-10/h3-4,7-8,14H,5-6H2,1-2H3. The molecule has 4 nitrogen and oxygen atoms in total. The van der Waals surface area contributed by atoms with Crippen LogP contribution in [0.2, 0.25) is 5.02 Å². The SMILES string of the molecule is CC(C)NCCc1nnc(-c2ccc(Cl)cn2)s1. The quantitative estimate of drug-likeness (QED) is 0.916. The van der Waals surface area contributed by atoms with Gasteiger partial charge in [0.05, 0.1) is 5.02 Å². The van der Waals surface area contributed by atoms with Crippen molar-refractivity contribution in [2.75, 3.05) is 6.54 Å². The van der Waals surface area contributed by atoms with E-state index in [9.17, 15) is 0 Å². The Hall–Kier alpha value is -1.04. The molecule has 0 aromatic carbocycles. The largest absolute Gasteiger partial charge is 0.314 e. The Morgan fingerprint density at radius 1 is 1.33 bits per heavy atom. The molecule has 0 spiro atoms. The fourth-order valence-corrected chi connectivity index (χ4v) is 2.36. The first kappa shape index (κ1) is 13.4. The van der Waals surface area contributed by atoms with Crippen LogP contribution in [0, 0.1) is 0 Å². The Morgan fingerprint density at radius 3 is 2.83 bits per heavy atom. The summed E-state index contributed by atoms with van der Waals surface area (Å²) in [6.07, 6.45) is 2.52. The van der Waals surface area contributed by atoms with Crippen LogP contribution >= 0.6 is 22.9 Å². The molecule has 0 saturated heterocycles. The van der Waals surface area contributed by atoms with E-state index in [4.69, 9.17) is 11.6 Å². The van der Waals surface area contributed by atoms with Crippen molar-refractivity contribution in [2.45, 2.75) is 26.3 Å². The molecule has 0 unspecified atom stereocenters. The molecule has 0 fully saturated rings. The van der Waals surface area contributed by atoms with E-state index >= 15 is 0 Å². The van der Waals surface area contributed by atoms with Crippen LogP contribution in [0.3, 0.4) is 0 Å². The molecule has 2 rings (SSSR count). The van der Waals surface area contributed by atoms with E-state index in [1.54, 1.807) is 17.5 Å². The lowest BCUT2D eigenvalue weighted by molar-refractivity contribution is 0.588. The normalized spacial score (nSPS) is 11.1. The van der Waals surface area contributed by atoms with E-state index in [0.717, 1.165) is 28.7 Å².